The van der Waals surface area contributed by atoms with Crippen LogP contribution in [0.25, 0.3) is 11.3 Å². The summed E-state index contributed by atoms with van der Waals surface area (Å²) in [6.45, 7) is 1.85. The molecule has 6 heteroatoms. The number of hydrogen-bond acceptors (Lipinski definition) is 4. The van der Waals surface area contributed by atoms with Crippen LogP contribution in [-0.4, -0.2) is 23.2 Å². The molecule has 0 aliphatic carbocycles. The summed E-state index contributed by atoms with van der Waals surface area (Å²) in [4.78, 5) is 23.7. The molecule has 3 rings (SSSR count). The third-order valence-corrected chi connectivity index (χ3v) is 4.11. The number of H-pyrrole nitrogens is 1. The Labute approximate surface area is 150 Å². The second-order valence-corrected chi connectivity index (χ2v) is 5.87. The van der Waals surface area contributed by atoms with E-state index in [1.165, 1.54) is 6.07 Å². The number of hydrogen-bond donors (Lipinski definition) is 2. The fourth-order valence-electron chi connectivity index (χ4n) is 2.56. The lowest BCUT2D eigenvalue weighted by Crippen LogP contribution is -2.18. The summed E-state index contributed by atoms with van der Waals surface area (Å²) in [5.41, 5.74) is 2.74. The lowest BCUT2D eigenvalue weighted by Gasteiger charge is -2.13. The molecule has 0 aliphatic heterocycles. The van der Waals surface area contributed by atoms with E-state index >= 15 is 0 Å². The van der Waals surface area contributed by atoms with Gasteiger partial charge in [-0.25, -0.2) is 5.10 Å². The van der Waals surface area contributed by atoms with E-state index in [0.717, 1.165) is 16.9 Å². The lowest BCUT2D eigenvalue weighted by atomic mass is 10.00. The molecule has 1 atom stereocenters. The van der Waals surface area contributed by atoms with E-state index in [0.29, 0.717) is 11.4 Å². The molecule has 0 bridgehead atoms. The predicted molar refractivity (Wildman–Crippen MR) is 100 cm³/mol. The number of carbonyl (C=O) groups excluding carboxylic acids is 1. The molecule has 0 aliphatic rings. The number of amides is 1. The second kappa shape index (κ2) is 7.65. The first-order chi connectivity index (χ1) is 12.6. The van der Waals surface area contributed by atoms with Gasteiger partial charge in [0.25, 0.3) is 5.56 Å². The molecule has 0 saturated heterocycles. The molecule has 2 N–H and O–H groups in total. The molecule has 1 amide bonds. The molecule has 0 saturated carbocycles. The molecule has 3 aromatic rings. The maximum Gasteiger partial charge on any atom is 0.264 e. The van der Waals surface area contributed by atoms with Crippen LogP contribution in [0.1, 0.15) is 18.4 Å². The van der Waals surface area contributed by atoms with Gasteiger partial charge in [-0.15, -0.1) is 0 Å². The maximum absolute atomic E-state index is 12.6. The number of aromatic nitrogens is 2. The van der Waals surface area contributed by atoms with Crippen molar-refractivity contribution in [2.45, 2.75) is 12.8 Å². The third kappa shape index (κ3) is 3.97. The van der Waals surface area contributed by atoms with Crippen LogP contribution in [0.3, 0.4) is 0 Å². The topological polar surface area (TPSA) is 84.1 Å². The first kappa shape index (κ1) is 17.4. The number of nitrogens with zero attached hydrogens (tertiary/aromatic N) is 1. The van der Waals surface area contributed by atoms with Gasteiger partial charge in [0.1, 0.15) is 5.75 Å². The van der Waals surface area contributed by atoms with Crippen molar-refractivity contribution in [2.24, 2.45) is 0 Å². The molecule has 1 aromatic heterocycles. The fraction of sp³-hybridized carbons (Fsp3) is 0.150. The Kier molecular flexibility index (Phi) is 5.12. The number of aromatic amines is 1. The summed E-state index contributed by atoms with van der Waals surface area (Å²) >= 11 is 0. The zero-order chi connectivity index (χ0) is 18.5. The van der Waals surface area contributed by atoms with Crippen LogP contribution in [0.5, 0.6) is 5.75 Å². The molecular weight excluding hydrogens is 330 g/mol. The van der Waals surface area contributed by atoms with Gasteiger partial charge in [-0.3, -0.25) is 9.59 Å². The van der Waals surface area contributed by atoms with Gasteiger partial charge in [0.05, 0.1) is 18.7 Å². The predicted octanol–water partition coefficient (Wildman–Crippen LogP) is 3.19. The summed E-state index contributed by atoms with van der Waals surface area (Å²) in [5.74, 6) is 0.333. The standard InChI is InChI=1S/C20H19N3O3/c1-13(14-6-8-17(26-2)9-7-14)20(25)21-16-5-3-4-15(12-16)18-10-11-19(24)23-22-18/h3-13H,1-2H3,(H,21,25)(H,23,24)/t13-/m1/s1. The maximum atomic E-state index is 12.6. The minimum atomic E-state index is -0.309. The Morgan fingerprint density at radius 3 is 2.54 bits per heavy atom. The Morgan fingerprint density at radius 1 is 1.12 bits per heavy atom. The zero-order valence-electron chi connectivity index (χ0n) is 14.5. The average Bonchev–Trinajstić information content (AvgIpc) is 2.68. The number of carbonyl (C=O) groups is 1. The van der Waals surface area contributed by atoms with Crippen LogP contribution >= 0.6 is 0 Å². The zero-order valence-corrected chi connectivity index (χ0v) is 14.5. The number of anilines is 1. The van der Waals surface area contributed by atoms with Gasteiger partial charge in [0.15, 0.2) is 0 Å². The highest BCUT2D eigenvalue weighted by Crippen LogP contribution is 2.23. The Morgan fingerprint density at radius 2 is 1.88 bits per heavy atom. The highest BCUT2D eigenvalue weighted by molar-refractivity contribution is 5.96. The van der Waals surface area contributed by atoms with Crippen molar-refractivity contribution in [3.8, 4) is 17.0 Å². The molecule has 1 heterocycles. The SMILES string of the molecule is COc1ccc([C@@H](C)C(=O)Nc2cccc(-c3ccc(=O)[nH]n3)c2)cc1. The minimum absolute atomic E-state index is 0.109. The van der Waals surface area contributed by atoms with Gasteiger partial charge in [0.2, 0.25) is 5.91 Å². The fourth-order valence-corrected chi connectivity index (χ4v) is 2.56. The van der Waals surface area contributed by atoms with Crippen LogP contribution in [0.15, 0.2) is 65.5 Å². The van der Waals surface area contributed by atoms with E-state index in [4.69, 9.17) is 4.74 Å². The normalized spacial score (nSPS) is 11.6. The molecule has 0 fully saturated rings. The molecule has 6 nitrogen and oxygen atoms in total. The van der Waals surface area contributed by atoms with Crippen molar-refractivity contribution in [2.75, 3.05) is 12.4 Å². The minimum Gasteiger partial charge on any atom is -0.497 e. The average molecular weight is 349 g/mol. The highest BCUT2D eigenvalue weighted by Gasteiger charge is 2.15. The Hall–Kier alpha value is -3.41. The first-order valence-corrected chi connectivity index (χ1v) is 8.18. The number of rotatable bonds is 5. The first-order valence-electron chi connectivity index (χ1n) is 8.18. The van der Waals surface area contributed by atoms with Crippen molar-refractivity contribution in [3.63, 3.8) is 0 Å². The van der Waals surface area contributed by atoms with Gasteiger partial charge in [-0.2, -0.15) is 5.10 Å². The van der Waals surface area contributed by atoms with E-state index in [9.17, 15) is 9.59 Å². The highest BCUT2D eigenvalue weighted by atomic mass is 16.5. The molecule has 2 aromatic carbocycles. The van der Waals surface area contributed by atoms with E-state index in [1.54, 1.807) is 13.2 Å². The van der Waals surface area contributed by atoms with Crippen LogP contribution in [0.4, 0.5) is 5.69 Å². The van der Waals surface area contributed by atoms with Crippen molar-refractivity contribution < 1.29 is 9.53 Å². The largest absolute Gasteiger partial charge is 0.497 e. The molecule has 26 heavy (non-hydrogen) atoms. The van der Waals surface area contributed by atoms with Gasteiger partial charge < -0.3 is 10.1 Å². The number of methoxy groups -OCH3 is 1. The van der Waals surface area contributed by atoms with Gasteiger partial charge in [-0.05, 0) is 42.8 Å². The molecular formula is C20H19N3O3. The van der Waals surface area contributed by atoms with Gasteiger partial charge in [-0.1, -0.05) is 24.3 Å². The van der Waals surface area contributed by atoms with Crippen molar-refractivity contribution in [1.82, 2.24) is 10.2 Å². The summed E-state index contributed by atoms with van der Waals surface area (Å²) < 4.78 is 5.14. The number of ether oxygens (including phenoxy) is 1. The smallest absolute Gasteiger partial charge is 0.264 e. The van der Waals surface area contributed by atoms with E-state index < -0.39 is 0 Å². The van der Waals surface area contributed by atoms with Crippen LogP contribution in [-0.2, 0) is 4.79 Å². The Bertz CT molecular complexity index is 944. The lowest BCUT2D eigenvalue weighted by molar-refractivity contribution is -0.117. The van der Waals surface area contributed by atoms with Gasteiger partial charge in [0, 0.05) is 17.3 Å². The molecule has 0 radical (unpaired) electrons. The molecule has 132 valence electrons. The monoisotopic (exact) mass is 349 g/mol. The Balaban J connectivity index is 1.75. The summed E-state index contributed by atoms with van der Waals surface area (Å²) in [5, 5.41) is 9.33. The summed E-state index contributed by atoms with van der Waals surface area (Å²) in [7, 11) is 1.61. The second-order valence-electron chi connectivity index (χ2n) is 5.87. The summed E-state index contributed by atoms with van der Waals surface area (Å²) in [6.07, 6.45) is 0. The quantitative estimate of drug-likeness (QED) is 0.741. The van der Waals surface area contributed by atoms with E-state index in [-0.39, 0.29) is 17.4 Å². The molecule has 0 unspecified atom stereocenters. The number of nitrogens with one attached hydrogen (secondary N) is 2. The third-order valence-electron chi connectivity index (χ3n) is 4.11. The van der Waals surface area contributed by atoms with Crippen molar-refractivity contribution >= 4 is 11.6 Å². The van der Waals surface area contributed by atoms with Gasteiger partial charge >= 0.3 is 0 Å². The van der Waals surface area contributed by atoms with E-state index in [1.807, 2.05) is 55.5 Å². The van der Waals surface area contributed by atoms with Crippen LogP contribution in [0, 0.1) is 0 Å². The molecule has 0 spiro atoms. The van der Waals surface area contributed by atoms with Crippen LogP contribution in [0.2, 0.25) is 0 Å². The number of benzene rings is 2. The van der Waals surface area contributed by atoms with Crippen molar-refractivity contribution in [3.05, 3.63) is 76.6 Å². The van der Waals surface area contributed by atoms with E-state index in [2.05, 4.69) is 15.5 Å². The van der Waals surface area contributed by atoms with Crippen LogP contribution < -0.4 is 15.6 Å². The van der Waals surface area contributed by atoms with Crippen molar-refractivity contribution in [1.29, 1.82) is 0 Å². The summed E-state index contributed by atoms with van der Waals surface area (Å²) in [6, 6.07) is 17.8.